The lowest BCUT2D eigenvalue weighted by atomic mass is 10.0. The van der Waals surface area contributed by atoms with Crippen LogP contribution in [0.1, 0.15) is 27.0 Å². The number of aryl methyl sites for hydroxylation is 3. The first-order valence-corrected chi connectivity index (χ1v) is 6.13. The van der Waals surface area contributed by atoms with Gasteiger partial charge in [0, 0.05) is 30.9 Å². The smallest absolute Gasteiger partial charge is 0.257 e. The number of nitrogens with two attached hydrogens (primary N) is 1. The lowest BCUT2D eigenvalue weighted by Gasteiger charge is -2.09. The molecule has 1 aromatic heterocycles. The number of benzene rings is 1. The van der Waals surface area contributed by atoms with Gasteiger partial charge in [0.15, 0.2) is 5.82 Å². The largest absolute Gasteiger partial charge is 0.326 e. The van der Waals surface area contributed by atoms with E-state index in [4.69, 9.17) is 5.73 Å². The Kier molecular flexibility index (Phi) is 3.66. The number of carbonyl (C=O) groups excluding carboxylic acids is 1. The number of aromatic nitrogens is 2. The van der Waals surface area contributed by atoms with Gasteiger partial charge in [-0.2, -0.15) is 5.10 Å². The molecule has 0 aliphatic heterocycles. The summed E-state index contributed by atoms with van der Waals surface area (Å²) in [5.74, 6) is 0.377. The molecule has 2 aromatic rings. The first-order chi connectivity index (χ1) is 9.02. The first kappa shape index (κ1) is 13.3. The zero-order valence-electron chi connectivity index (χ0n) is 11.4. The van der Waals surface area contributed by atoms with Gasteiger partial charge in [-0.15, -0.1) is 0 Å². The maximum atomic E-state index is 12.3. The summed E-state index contributed by atoms with van der Waals surface area (Å²) in [4.78, 5) is 12.3. The first-order valence-electron chi connectivity index (χ1n) is 6.13. The van der Waals surface area contributed by atoms with E-state index in [1.54, 1.807) is 17.9 Å². The van der Waals surface area contributed by atoms with E-state index in [0.717, 1.165) is 16.7 Å². The summed E-state index contributed by atoms with van der Waals surface area (Å²) in [6, 6.07) is 5.78. The van der Waals surface area contributed by atoms with Crippen molar-refractivity contribution in [3.05, 3.63) is 46.6 Å². The standard InChI is InChI=1S/C14H18N4O/c1-9-5-4-6-10(2)12(9)14(19)16-13-11(7-15)8-18(3)17-13/h4-6,8H,7,15H2,1-3H3,(H,16,17,19). The van der Waals surface area contributed by atoms with Crippen LogP contribution >= 0.6 is 0 Å². The quantitative estimate of drug-likeness (QED) is 0.881. The third-order valence-electron chi connectivity index (χ3n) is 3.06. The monoisotopic (exact) mass is 258 g/mol. The van der Waals surface area contributed by atoms with Gasteiger partial charge >= 0.3 is 0 Å². The van der Waals surface area contributed by atoms with Crippen LogP contribution in [0.15, 0.2) is 24.4 Å². The number of rotatable bonds is 3. The molecule has 1 aromatic carbocycles. The number of hydrogen-bond donors (Lipinski definition) is 2. The minimum atomic E-state index is -0.149. The van der Waals surface area contributed by atoms with Crippen LogP contribution in [-0.2, 0) is 13.6 Å². The third-order valence-corrected chi connectivity index (χ3v) is 3.06. The number of carbonyl (C=O) groups is 1. The highest BCUT2D eigenvalue weighted by atomic mass is 16.1. The average molecular weight is 258 g/mol. The SMILES string of the molecule is Cc1cccc(C)c1C(=O)Nc1nn(C)cc1CN. The van der Waals surface area contributed by atoms with Gasteiger partial charge in [-0.3, -0.25) is 9.48 Å². The molecule has 0 saturated carbocycles. The summed E-state index contributed by atoms with van der Waals surface area (Å²) < 4.78 is 1.64. The van der Waals surface area contributed by atoms with Crippen molar-refractivity contribution in [2.75, 3.05) is 5.32 Å². The van der Waals surface area contributed by atoms with Gasteiger partial charge in [0.1, 0.15) is 0 Å². The fourth-order valence-corrected chi connectivity index (χ4v) is 2.13. The maximum absolute atomic E-state index is 12.3. The van der Waals surface area contributed by atoms with Crippen molar-refractivity contribution in [2.45, 2.75) is 20.4 Å². The molecule has 0 saturated heterocycles. The van der Waals surface area contributed by atoms with Crippen molar-refractivity contribution >= 4 is 11.7 Å². The highest BCUT2D eigenvalue weighted by Crippen LogP contribution is 2.17. The van der Waals surface area contributed by atoms with E-state index in [1.165, 1.54) is 0 Å². The molecule has 0 unspecified atom stereocenters. The highest BCUT2D eigenvalue weighted by Gasteiger charge is 2.15. The predicted octanol–water partition coefficient (Wildman–Crippen LogP) is 1.75. The molecule has 0 aliphatic rings. The fourth-order valence-electron chi connectivity index (χ4n) is 2.13. The van der Waals surface area contributed by atoms with Gasteiger partial charge in [0.2, 0.25) is 0 Å². The normalized spacial score (nSPS) is 10.5. The van der Waals surface area contributed by atoms with Crippen LogP contribution in [0.5, 0.6) is 0 Å². The topological polar surface area (TPSA) is 72.9 Å². The Balaban J connectivity index is 2.31. The minimum Gasteiger partial charge on any atom is -0.326 e. The summed E-state index contributed by atoms with van der Waals surface area (Å²) in [5, 5.41) is 7.04. The van der Waals surface area contributed by atoms with Gasteiger partial charge in [-0.25, -0.2) is 0 Å². The molecule has 1 amide bonds. The Labute approximate surface area is 112 Å². The molecular formula is C14H18N4O. The lowest BCUT2D eigenvalue weighted by Crippen LogP contribution is -2.16. The summed E-state index contributed by atoms with van der Waals surface area (Å²) in [7, 11) is 1.80. The summed E-state index contributed by atoms with van der Waals surface area (Å²) in [6.07, 6.45) is 1.81. The van der Waals surface area contributed by atoms with E-state index in [9.17, 15) is 4.79 Å². The molecular weight excluding hydrogens is 240 g/mol. The van der Waals surface area contributed by atoms with E-state index in [0.29, 0.717) is 17.9 Å². The zero-order valence-corrected chi connectivity index (χ0v) is 11.4. The molecule has 2 rings (SSSR count). The van der Waals surface area contributed by atoms with Gasteiger partial charge in [0.05, 0.1) is 0 Å². The zero-order chi connectivity index (χ0) is 14.0. The molecule has 0 bridgehead atoms. The second-order valence-corrected chi connectivity index (χ2v) is 4.60. The van der Waals surface area contributed by atoms with Gasteiger partial charge in [-0.05, 0) is 25.0 Å². The van der Waals surface area contributed by atoms with Gasteiger partial charge < -0.3 is 11.1 Å². The van der Waals surface area contributed by atoms with Crippen LogP contribution < -0.4 is 11.1 Å². The molecule has 5 nitrogen and oxygen atoms in total. The molecule has 0 aliphatic carbocycles. The molecule has 0 fully saturated rings. The highest BCUT2D eigenvalue weighted by molar-refractivity contribution is 6.06. The summed E-state index contributed by atoms with van der Waals surface area (Å²) in [5.41, 5.74) is 9.04. The van der Waals surface area contributed by atoms with Crippen molar-refractivity contribution in [2.24, 2.45) is 12.8 Å². The Morgan fingerprint density at radius 2 is 2.00 bits per heavy atom. The molecule has 0 atom stereocenters. The van der Waals surface area contributed by atoms with Crippen molar-refractivity contribution < 1.29 is 4.79 Å². The second-order valence-electron chi connectivity index (χ2n) is 4.60. The van der Waals surface area contributed by atoms with Crippen LogP contribution in [0, 0.1) is 13.8 Å². The van der Waals surface area contributed by atoms with Crippen LogP contribution in [0.4, 0.5) is 5.82 Å². The van der Waals surface area contributed by atoms with Gasteiger partial charge in [0.25, 0.3) is 5.91 Å². The van der Waals surface area contributed by atoms with E-state index >= 15 is 0 Å². The molecule has 100 valence electrons. The van der Waals surface area contributed by atoms with E-state index in [-0.39, 0.29) is 5.91 Å². The Morgan fingerprint density at radius 3 is 2.58 bits per heavy atom. The van der Waals surface area contributed by atoms with Crippen molar-refractivity contribution in [3.8, 4) is 0 Å². The van der Waals surface area contributed by atoms with Crippen LogP contribution in [0.2, 0.25) is 0 Å². The fraction of sp³-hybridized carbons (Fsp3) is 0.286. The molecule has 19 heavy (non-hydrogen) atoms. The summed E-state index contributed by atoms with van der Waals surface area (Å²) >= 11 is 0. The van der Waals surface area contributed by atoms with E-state index < -0.39 is 0 Å². The lowest BCUT2D eigenvalue weighted by molar-refractivity contribution is 0.102. The Morgan fingerprint density at radius 1 is 1.37 bits per heavy atom. The van der Waals surface area contributed by atoms with Crippen molar-refractivity contribution in [1.82, 2.24) is 9.78 Å². The second kappa shape index (κ2) is 5.24. The molecule has 0 spiro atoms. The third kappa shape index (κ3) is 2.66. The Bertz CT molecular complexity index is 596. The van der Waals surface area contributed by atoms with E-state index in [1.807, 2.05) is 32.0 Å². The Hall–Kier alpha value is -2.14. The van der Waals surface area contributed by atoms with Crippen LogP contribution in [0.3, 0.4) is 0 Å². The number of nitrogens with one attached hydrogen (secondary N) is 1. The summed E-state index contributed by atoms with van der Waals surface area (Å²) in [6.45, 7) is 4.19. The van der Waals surface area contributed by atoms with Crippen molar-refractivity contribution in [1.29, 1.82) is 0 Å². The number of amides is 1. The molecule has 1 heterocycles. The van der Waals surface area contributed by atoms with E-state index in [2.05, 4.69) is 10.4 Å². The van der Waals surface area contributed by atoms with Crippen LogP contribution in [0.25, 0.3) is 0 Å². The predicted molar refractivity (Wildman–Crippen MR) is 75.0 cm³/mol. The maximum Gasteiger partial charge on any atom is 0.257 e. The van der Waals surface area contributed by atoms with Crippen molar-refractivity contribution in [3.63, 3.8) is 0 Å². The number of nitrogens with zero attached hydrogens (tertiary/aromatic N) is 2. The van der Waals surface area contributed by atoms with Gasteiger partial charge in [-0.1, -0.05) is 18.2 Å². The average Bonchev–Trinajstić information content (AvgIpc) is 2.69. The minimum absolute atomic E-state index is 0.149. The number of hydrogen-bond acceptors (Lipinski definition) is 3. The molecule has 0 radical (unpaired) electrons. The molecule has 5 heteroatoms. The number of anilines is 1. The van der Waals surface area contributed by atoms with Crippen LogP contribution in [-0.4, -0.2) is 15.7 Å². The molecule has 3 N–H and O–H groups in total.